The van der Waals surface area contributed by atoms with E-state index >= 15 is 0 Å². The van der Waals surface area contributed by atoms with Crippen molar-refractivity contribution in [3.05, 3.63) is 75.1 Å². The van der Waals surface area contributed by atoms with E-state index in [9.17, 15) is 14.7 Å². The minimum absolute atomic E-state index is 0.00160. The van der Waals surface area contributed by atoms with Gasteiger partial charge in [0.2, 0.25) is 0 Å². The van der Waals surface area contributed by atoms with Crippen LogP contribution in [0.25, 0.3) is 11.0 Å². The van der Waals surface area contributed by atoms with Crippen LogP contribution in [0.5, 0.6) is 5.75 Å². The van der Waals surface area contributed by atoms with Crippen LogP contribution < -0.4 is 5.43 Å². The summed E-state index contributed by atoms with van der Waals surface area (Å²) in [4.78, 5) is 26.8. The molecule has 1 amide bonds. The molecule has 1 aliphatic heterocycles. The van der Waals surface area contributed by atoms with Crippen LogP contribution in [0.1, 0.15) is 34.2 Å². The number of benzene rings is 2. The first kappa shape index (κ1) is 16.4. The van der Waals surface area contributed by atoms with Crippen molar-refractivity contribution in [3.63, 3.8) is 0 Å². The second kappa shape index (κ2) is 6.33. The molecule has 0 aliphatic carbocycles. The van der Waals surface area contributed by atoms with Crippen molar-refractivity contribution in [1.82, 2.24) is 4.90 Å². The largest absolute Gasteiger partial charge is 0.507 e. The minimum Gasteiger partial charge on any atom is -0.507 e. The van der Waals surface area contributed by atoms with Crippen LogP contribution in [-0.4, -0.2) is 22.5 Å². The molecule has 132 valence electrons. The summed E-state index contributed by atoms with van der Waals surface area (Å²) in [7, 11) is 0. The number of aryl methyl sites for hydroxylation is 1. The lowest BCUT2D eigenvalue weighted by Crippen LogP contribution is -2.36. The molecule has 0 fully saturated rings. The van der Waals surface area contributed by atoms with Gasteiger partial charge in [0.05, 0.1) is 0 Å². The van der Waals surface area contributed by atoms with Gasteiger partial charge in [-0.3, -0.25) is 9.59 Å². The van der Waals surface area contributed by atoms with Crippen molar-refractivity contribution < 1.29 is 14.3 Å². The van der Waals surface area contributed by atoms with Crippen molar-refractivity contribution >= 4 is 16.9 Å². The number of hydrogen-bond donors (Lipinski definition) is 1. The zero-order valence-electron chi connectivity index (χ0n) is 14.5. The third-order valence-electron chi connectivity index (χ3n) is 4.92. The van der Waals surface area contributed by atoms with Crippen LogP contribution in [-0.2, 0) is 19.4 Å². The number of fused-ring (bicyclic) bond motifs is 2. The van der Waals surface area contributed by atoms with E-state index in [0.29, 0.717) is 13.1 Å². The molecule has 0 spiro atoms. The Morgan fingerprint density at radius 1 is 1.19 bits per heavy atom. The van der Waals surface area contributed by atoms with Gasteiger partial charge < -0.3 is 14.4 Å². The van der Waals surface area contributed by atoms with Gasteiger partial charge in [0.25, 0.3) is 5.91 Å². The predicted molar refractivity (Wildman–Crippen MR) is 98.4 cm³/mol. The predicted octanol–water partition coefficient (Wildman–Crippen LogP) is 3.26. The second-order valence-electron chi connectivity index (χ2n) is 6.56. The Morgan fingerprint density at radius 3 is 2.85 bits per heavy atom. The highest BCUT2D eigenvalue weighted by Crippen LogP contribution is 2.25. The van der Waals surface area contributed by atoms with Gasteiger partial charge in [-0.15, -0.1) is 0 Å². The molecule has 0 radical (unpaired) electrons. The van der Waals surface area contributed by atoms with Crippen LogP contribution in [0.4, 0.5) is 0 Å². The van der Waals surface area contributed by atoms with Crippen molar-refractivity contribution in [3.8, 4) is 5.75 Å². The lowest BCUT2D eigenvalue weighted by Gasteiger charge is -2.28. The van der Waals surface area contributed by atoms with Crippen molar-refractivity contribution in [1.29, 1.82) is 0 Å². The quantitative estimate of drug-likeness (QED) is 0.771. The molecule has 0 unspecified atom stereocenters. The average molecular weight is 349 g/mol. The zero-order chi connectivity index (χ0) is 18.3. The fourth-order valence-corrected chi connectivity index (χ4v) is 3.45. The van der Waals surface area contributed by atoms with Crippen LogP contribution in [0.3, 0.4) is 0 Å². The molecule has 3 aromatic rings. The average Bonchev–Trinajstić information content (AvgIpc) is 2.66. The first-order valence-electron chi connectivity index (χ1n) is 8.72. The van der Waals surface area contributed by atoms with E-state index in [1.807, 2.05) is 0 Å². The monoisotopic (exact) mass is 349 g/mol. The highest BCUT2D eigenvalue weighted by Gasteiger charge is 2.24. The molecule has 2 heterocycles. The van der Waals surface area contributed by atoms with Crippen molar-refractivity contribution in [2.75, 3.05) is 6.54 Å². The number of phenols is 1. The molecule has 0 saturated heterocycles. The molecule has 0 atom stereocenters. The van der Waals surface area contributed by atoms with Gasteiger partial charge in [0.1, 0.15) is 16.7 Å². The third-order valence-corrected chi connectivity index (χ3v) is 4.92. The molecule has 5 heteroatoms. The normalized spacial score (nSPS) is 13.7. The topological polar surface area (TPSA) is 70.8 Å². The zero-order valence-corrected chi connectivity index (χ0v) is 14.5. The number of carbonyl (C=O) groups excluding carboxylic acids is 1. The van der Waals surface area contributed by atoms with E-state index in [2.05, 4.69) is 25.1 Å². The smallest absolute Gasteiger partial charge is 0.290 e. The Labute approximate surface area is 150 Å². The number of carbonyl (C=O) groups is 1. The lowest BCUT2D eigenvalue weighted by molar-refractivity contribution is 0.0703. The number of aromatic hydroxyl groups is 1. The maximum atomic E-state index is 12.8. The molecular formula is C21H19NO4. The van der Waals surface area contributed by atoms with Crippen LogP contribution in [0, 0.1) is 0 Å². The fraction of sp³-hybridized carbons (Fsp3) is 0.238. The second-order valence-corrected chi connectivity index (χ2v) is 6.56. The summed E-state index contributed by atoms with van der Waals surface area (Å²) >= 11 is 0. The van der Waals surface area contributed by atoms with Crippen LogP contribution in [0.2, 0.25) is 0 Å². The highest BCUT2D eigenvalue weighted by atomic mass is 16.3. The lowest BCUT2D eigenvalue weighted by atomic mass is 9.96. The van der Waals surface area contributed by atoms with E-state index < -0.39 is 5.43 Å². The molecule has 2 aromatic carbocycles. The van der Waals surface area contributed by atoms with Gasteiger partial charge in [0.15, 0.2) is 11.2 Å². The molecule has 0 saturated carbocycles. The molecule has 4 rings (SSSR count). The molecule has 1 aromatic heterocycles. The fourth-order valence-electron chi connectivity index (χ4n) is 3.45. The molecule has 26 heavy (non-hydrogen) atoms. The van der Waals surface area contributed by atoms with Gasteiger partial charge in [-0.25, -0.2) is 0 Å². The maximum Gasteiger partial charge on any atom is 0.290 e. The summed E-state index contributed by atoms with van der Waals surface area (Å²) < 4.78 is 5.61. The van der Waals surface area contributed by atoms with E-state index in [1.54, 1.807) is 17.0 Å². The van der Waals surface area contributed by atoms with Gasteiger partial charge in [-0.1, -0.05) is 31.2 Å². The molecule has 0 bridgehead atoms. The Bertz CT molecular complexity index is 1070. The number of hydrogen-bond acceptors (Lipinski definition) is 4. The first-order valence-corrected chi connectivity index (χ1v) is 8.72. The van der Waals surface area contributed by atoms with Crippen molar-refractivity contribution in [2.24, 2.45) is 0 Å². The summed E-state index contributed by atoms with van der Waals surface area (Å²) in [5.41, 5.74) is 3.49. The molecule has 5 nitrogen and oxygen atoms in total. The number of nitrogens with zero attached hydrogens (tertiary/aromatic N) is 1. The first-order chi connectivity index (χ1) is 12.6. The number of rotatable bonds is 2. The number of amides is 1. The van der Waals surface area contributed by atoms with Gasteiger partial charge in [-0.05, 0) is 41.7 Å². The highest BCUT2D eigenvalue weighted by molar-refractivity contribution is 5.94. The summed E-state index contributed by atoms with van der Waals surface area (Å²) in [6.45, 7) is 3.21. The summed E-state index contributed by atoms with van der Waals surface area (Å²) in [6.07, 6.45) is 1.78. The van der Waals surface area contributed by atoms with E-state index in [1.165, 1.54) is 23.3 Å². The summed E-state index contributed by atoms with van der Waals surface area (Å²) in [6, 6.07) is 12.1. The SMILES string of the molecule is CCc1ccc2c(c1)CCN(C(=O)c1cc(=O)c3c(O)cccc3o1)C2. The van der Waals surface area contributed by atoms with Crippen molar-refractivity contribution in [2.45, 2.75) is 26.3 Å². The Balaban J connectivity index is 1.66. The molecule has 1 N–H and O–H groups in total. The minimum atomic E-state index is -0.419. The van der Waals surface area contributed by atoms with Gasteiger partial charge >= 0.3 is 0 Å². The van der Waals surface area contributed by atoms with Gasteiger partial charge in [-0.2, -0.15) is 0 Å². The Morgan fingerprint density at radius 2 is 2.04 bits per heavy atom. The van der Waals surface area contributed by atoms with Crippen LogP contribution in [0.15, 0.2) is 51.7 Å². The summed E-state index contributed by atoms with van der Waals surface area (Å²) in [5.74, 6) is -0.451. The molecular weight excluding hydrogens is 330 g/mol. The standard InChI is InChI=1S/C21H19NO4/c1-2-13-6-7-15-12-22(9-8-14(15)10-13)21(25)19-11-17(24)20-16(23)4-3-5-18(20)26-19/h3-7,10-11,23H,2,8-9,12H2,1H3. The third kappa shape index (κ3) is 2.75. The summed E-state index contributed by atoms with van der Waals surface area (Å²) in [5, 5.41) is 9.92. The van der Waals surface area contributed by atoms with E-state index in [0.717, 1.165) is 18.4 Å². The number of phenolic OH excluding ortho intramolecular Hbond substituents is 1. The van der Waals surface area contributed by atoms with E-state index in [4.69, 9.17) is 4.42 Å². The Kier molecular flexibility index (Phi) is 3.99. The maximum absolute atomic E-state index is 12.8. The Hall–Kier alpha value is -3.08. The molecule has 1 aliphatic rings. The van der Waals surface area contributed by atoms with Gasteiger partial charge in [0, 0.05) is 19.2 Å². The van der Waals surface area contributed by atoms with E-state index in [-0.39, 0.29) is 28.4 Å². The van der Waals surface area contributed by atoms with Crippen LogP contribution >= 0.6 is 0 Å².